The molecule has 2 saturated heterocycles. The summed E-state index contributed by atoms with van der Waals surface area (Å²) in [6.07, 6.45) is 2.76. The molecule has 1 atom stereocenters. The van der Waals surface area contributed by atoms with Crippen LogP contribution in [0.1, 0.15) is 16.9 Å². The van der Waals surface area contributed by atoms with Crippen LogP contribution in [0.5, 0.6) is 0 Å². The van der Waals surface area contributed by atoms with Crippen LogP contribution in [0, 0.1) is 0 Å². The summed E-state index contributed by atoms with van der Waals surface area (Å²) in [4.78, 5) is 27.6. The third-order valence-electron chi connectivity index (χ3n) is 4.75. The van der Waals surface area contributed by atoms with Gasteiger partial charge in [-0.1, -0.05) is 0 Å². The van der Waals surface area contributed by atoms with Crippen LogP contribution in [0.15, 0.2) is 12.3 Å². The number of ether oxygens (including phenoxy) is 2. The van der Waals surface area contributed by atoms with Crippen LogP contribution in [-0.4, -0.2) is 95.5 Å². The van der Waals surface area contributed by atoms with E-state index in [2.05, 4.69) is 5.10 Å². The number of amides is 2. The molecule has 3 rings (SSSR count). The Kier molecular flexibility index (Phi) is 5.89. The number of likely N-dealkylation sites (N-methyl/N-ethyl adjacent to an activating group) is 1. The summed E-state index contributed by atoms with van der Waals surface area (Å²) in [5, 5.41) is 4.32. The van der Waals surface area contributed by atoms with Crippen molar-refractivity contribution in [2.24, 2.45) is 0 Å². The quantitative estimate of drug-likeness (QED) is 0.677. The van der Waals surface area contributed by atoms with E-state index in [1.54, 1.807) is 38.2 Å². The molecule has 2 aliphatic heterocycles. The van der Waals surface area contributed by atoms with Crippen LogP contribution in [0.3, 0.4) is 0 Å². The zero-order valence-electron chi connectivity index (χ0n) is 15.5. The zero-order chi connectivity index (χ0) is 18.7. The van der Waals surface area contributed by atoms with Crippen LogP contribution < -0.4 is 0 Å². The van der Waals surface area contributed by atoms with Crippen molar-refractivity contribution >= 4 is 23.6 Å². The van der Waals surface area contributed by atoms with E-state index in [1.165, 1.54) is 4.90 Å². The molecule has 2 amide bonds. The maximum atomic E-state index is 12.6. The van der Waals surface area contributed by atoms with Gasteiger partial charge in [0.2, 0.25) is 5.91 Å². The average molecular weight is 382 g/mol. The van der Waals surface area contributed by atoms with Gasteiger partial charge >= 0.3 is 0 Å². The predicted molar refractivity (Wildman–Crippen MR) is 98.2 cm³/mol. The number of aromatic nitrogens is 2. The summed E-state index contributed by atoms with van der Waals surface area (Å²) in [7, 11) is 5.09. The molecule has 0 aliphatic carbocycles. The highest BCUT2D eigenvalue weighted by atomic mass is 32.2. The lowest BCUT2D eigenvalue weighted by Crippen LogP contribution is -2.60. The SMILES string of the molecule is COCCn1ccc(C(=O)N2CC3(CC(OCC(=O)N(C)C)CS3)C2)n1. The largest absolute Gasteiger partial charge is 0.383 e. The second-order valence-corrected chi connectivity index (χ2v) is 8.53. The Morgan fingerprint density at radius 1 is 1.42 bits per heavy atom. The molecule has 0 N–H and O–H groups in total. The van der Waals surface area contributed by atoms with E-state index < -0.39 is 0 Å². The van der Waals surface area contributed by atoms with Crippen LogP contribution >= 0.6 is 11.8 Å². The van der Waals surface area contributed by atoms with E-state index in [1.807, 2.05) is 16.7 Å². The number of methoxy groups -OCH3 is 1. The van der Waals surface area contributed by atoms with Gasteiger partial charge in [-0.2, -0.15) is 5.10 Å². The minimum atomic E-state index is -0.0282. The third kappa shape index (κ3) is 4.21. The van der Waals surface area contributed by atoms with Gasteiger partial charge in [0.15, 0.2) is 0 Å². The van der Waals surface area contributed by atoms with Gasteiger partial charge in [-0.15, -0.1) is 11.8 Å². The van der Waals surface area contributed by atoms with E-state index in [-0.39, 0.29) is 29.3 Å². The van der Waals surface area contributed by atoms with Gasteiger partial charge < -0.3 is 19.3 Å². The van der Waals surface area contributed by atoms with E-state index in [0.29, 0.717) is 31.9 Å². The summed E-state index contributed by atoms with van der Waals surface area (Å²) in [6, 6.07) is 1.75. The molecule has 8 nitrogen and oxygen atoms in total. The first kappa shape index (κ1) is 19.2. The molecular weight excluding hydrogens is 356 g/mol. The number of carbonyl (C=O) groups is 2. The molecule has 1 spiro atoms. The summed E-state index contributed by atoms with van der Waals surface area (Å²) >= 11 is 1.85. The molecule has 3 heterocycles. The summed E-state index contributed by atoms with van der Waals surface area (Å²) < 4.78 is 12.6. The Bertz CT molecular complexity index is 657. The number of rotatable bonds is 7. The van der Waals surface area contributed by atoms with Crippen LogP contribution in [-0.2, 0) is 20.8 Å². The smallest absolute Gasteiger partial charge is 0.274 e. The van der Waals surface area contributed by atoms with Crippen molar-refractivity contribution in [3.63, 3.8) is 0 Å². The van der Waals surface area contributed by atoms with Crippen molar-refractivity contribution in [1.82, 2.24) is 19.6 Å². The van der Waals surface area contributed by atoms with E-state index >= 15 is 0 Å². The summed E-state index contributed by atoms with van der Waals surface area (Å²) in [6.45, 7) is 2.74. The molecule has 0 radical (unpaired) electrons. The predicted octanol–water partition coefficient (Wildman–Crippen LogP) is 0.334. The minimum Gasteiger partial charge on any atom is -0.383 e. The van der Waals surface area contributed by atoms with Crippen molar-refractivity contribution in [2.45, 2.75) is 23.8 Å². The Morgan fingerprint density at radius 2 is 2.19 bits per heavy atom. The molecule has 144 valence electrons. The lowest BCUT2D eigenvalue weighted by atomic mass is 9.92. The summed E-state index contributed by atoms with van der Waals surface area (Å²) in [5.74, 6) is 0.818. The molecule has 26 heavy (non-hydrogen) atoms. The van der Waals surface area contributed by atoms with E-state index in [9.17, 15) is 9.59 Å². The molecule has 2 fully saturated rings. The first-order valence-corrected chi connectivity index (χ1v) is 9.68. The minimum absolute atomic E-state index is 0.0228. The second-order valence-electron chi connectivity index (χ2n) is 7.04. The fourth-order valence-electron chi connectivity index (χ4n) is 3.19. The summed E-state index contributed by atoms with van der Waals surface area (Å²) in [5.41, 5.74) is 0.475. The van der Waals surface area contributed by atoms with Gasteiger partial charge in [0.05, 0.1) is 24.0 Å². The van der Waals surface area contributed by atoms with Crippen LogP contribution in [0.4, 0.5) is 0 Å². The maximum Gasteiger partial charge on any atom is 0.274 e. The van der Waals surface area contributed by atoms with E-state index in [4.69, 9.17) is 9.47 Å². The lowest BCUT2D eigenvalue weighted by Gasteiger charge is -2.47. The normalized spacial score (nSPS) is 21.0. The number of nitrogens with zero attached hydrogens (tertiary/aromatic N) is 4. The molecule has 1 aromatic heterocycles. The number of hydrogen-bond donors (Lipinski definition) is 0. The van der Waals surface area contributed by atoms with Gasteiger partial charge in [-0.05, 0) is 12.5 Å². The third-order valence-corrected chi connectivity index (χ3v) is 6.32. The molecule has 0 aromatic carbocycles. The average Bonchev–Trinajstić information content (AvgIpc) is 3.23. The Hall–Kier alpha value is -1.58. The first-order chi connectivity index (χ1) is 12.4. The van der Waals surface area contributed by atoms with E-state index in [0.717, 1.165) is 12.2 Å². The van der Waals surface area contributed by atoms with Crippen molar-refractivity contribution in [3.05, 3.63) is 18.0 Å². The van der Waals surface area contributed by atoms with Crippen LogP contribution in [0.25, 0.3) is 0 Å². The van der Waals surface area contributed by atoms with Gasteiger partial charge in [0.1, 0.15) is 12.3 Å². The fourth-order valence-corrected chi connectivity index (χ4v) is 4.74. The Labute approximate surface area is 157 Å². The molecule has 9 heteroatoms. The van der Waals surface area contributed by atoms with Crippen molar-refractivity contribution in [3.8, 4) is 0 Å². The second kappa shape index (κ2) is 7.98. The number of carbonyl (C=O) groups excluding carboxylic acids is 2. The zero-order valence-corrected chi connectivity index (χ0v) is 16.3. The lowest BCUT2D eigenvalue weighted by molar-refractivity contribution is -0.135. The van der Waals surface area contributed by atoms with Crippen LogP contribution in [0.2, 0.25) is 0 Å². The van der Waals surface area contributed by atoms with Crippen molar-refractivity contribution in [2.75, 3.05) is 53.3 Å². The van der Waals surface area contributed by atoms with Gasteiger partial charge in [0.25, 0.3) is 5.91 Å². The Balaban J connectivity index is 1.45. The molecule has 0 bridgehead atoms. The number of thioether (sulfide) groups is 1. The number of likely N-dealkylation sites (tertiary alicyclic amines) is 1. The molecule has 1 aromatic rings. The molecular formula is C17H26N4O4S. The monoisotopic (exact) mass is 382 g/mol. The Morgan fingerprint density at radius 3 is 2.88 bits per heavy atom. The fraction of sp³-hybridized carbons (Fsp3) is 0.706. The highest BCUT2D eigenvalue weighted by Gasteiger charge is 2.51. The topological polar surface area (TPSA) is 76.9 Å². The highest BCUT2D eigenvalue weighted by molar-refractivity contribution is 8.01. The number of hydrogen-bond acceptors (Lipinski definition) is 6. The molecule has 2 aliphatic rings. The standard InChI is InChI=1S/C17H26N4O4S/c1-19(2)15(22)9-25-13-8-17(26-10-13)11-20(12-17)16(23)14-4-5-21(18-14)6-7-24-3/h4-5,13H,6-12H2,1-3H3. The maximum absolute atomic E-state index is 12.6. The van der Waals surface area contributed by atoms with Gasteiger partial charge in [-0.3, -0.25) is 14.3 Å². The molecule has 0 saturated carbocycles. The highest BCUT2D eigenvalue weighted by Crippen LogP contribution is 2.46. The van der Waals surface area contributed by atoms with Crippen molar-refractivity contribution in [1.29, 1.82) is 0 Å². The van der Waals surface area contributed by atoms with Gasteiger partial charge in [0, 0.05) is 46.2 Å². The first-order valence-electron chi connectivity index (χ1n) is 8.70. The van der Waals surface area contributed by atoms with Gasteiger partial charge in [-0.25, -0.2) is 0 Å². The molecule has 1 unspecified atom stereocenters. The van der Waals surface area contributed by atoms with Crippen molar-refractivity contribution < 1.29 is 19.1 Å².